The molecule has 4 nitrogen and oxygen atoms in total. The number of rotatable bonds is 4. The third kappa shape index (κ3) is 2.52. The smallest absolute Gasteiger partial charge is 0.216 e. The minimum absolute atomic E-state index is 0.0610. The van der Waals surface area contributed by atoms with Crippen molar-refractivity contribution in [2.75, 3.05) is 19.6 Å². The minimum Gasteiger partial charge on any atom is -0.330 e. The van der Waals surface area contributed by atoms with Gasteiger partial charge in [-0.15, -0.1) is 0 Å². The molecule has 1 heterocycles. The van der Waals surface area contributed by atoms with Crippen molar-refractivity contribution in [3.05, 3.63) is 0 Å². The highest BCUT2D eigenvalue weighted by Crippen LogP contribution is 2.33. The van der Waals surface area contributed by atoms with E-state index in [4.69, 9.17) is 5.73 Å². The van der Waals surface area contributed by atoms with E-state index in [0.717, 1.165) is 38.6 Å². The van der Waals surface area contributed by atoms with Crippen LogP contribution in [0.1, 0.15) is 32.1 Å². The quantitative estimate of drug-likeness (QED) is 0.769. The van der Waals surface area contributed by atoms with Gasteiger partial charge in [0, 0.05) is 13.1 Å². The number of hydrogen-bond acceptors (Lipinski definition) is 3. The zero-order chi connectivity index (χ0) is 10.9. The first kappa shape index (κ1) is 11.4. The molecule has 0 radical (unpaired) electrons. The highest BCUT2D eigenvalue weighted by Gasteiger charge is 2.41. The van der Waals surface area contributed by atoms with Crippen LogP contribution in [0, 0.1) is 5.92 Å². The molecule has 2 fully saturated rings. The normalized spacial score (nSPS) is 29.3. The second-order valence-corrected chi connectivity index (χ2v) is 6.90. The molecule has 0 aromatic heterocycles. The van der Waals surface area contributed by atoms with Gasteiger partial charge in [-0.1, -0.05) is 0 Å². The van der Waals surface area contributed by atoms with Crippen LogP contribution in [-0.2, 0) is 10.0 Å². The predicted octanol–water partition coefficient (Wildman–Crippen LogP) is 0.539. The summed E-state index contributed by atoms with van der Waals surface area (Å²) in [5, 5.41) is -0.0610. The number of hydrogen-bond donors (Lipinski definition) is 1. The van der Waals surface area contributed by atoms with Crippen molar-refractivity contribution in [1.82, 2.24) is 4.31 Å². The van der Waals surface area contributed by atoms with Gasteiger partial charge in [0.1, 0.15) is 0 Å². The molecular formula is C10H20N2O2S. The molecule has 1 aliphatic carbocycles. The van der Waals surface area contributed by atoms with Crippen molar-refractivity contribution in [2.24, 2.45) is 11.7 Å². The number of sulfonamides is 1. The first-order valence-electron chi connectivity index (χ1n) is 5.83. The van der Waals surface area contributed by atoms with E-state index in [1.54, 1.807) is 4.31 Å². The van der Waals surface area contributed by atoms with Crippen LogP contribution in [0.4, 0.5) is 0 Å². The zero-order valence-corrected chi connectivity index (χ0v) is 9.88. The Balaban J connectivity index is 1.97. The van der Waals surface area contributed by atoms with Gasteiger partial charge >= 0.3 is 0 Å². The van der Waals surface area contributed by atoms with Crippen molar-refractivity contribution in [3.8, 4) is 0 Å². The molecule has 1 saturated heterocycles. The fraction of sp³-hybridized carbons (Fsp3) is 1.00. The third-order valence-corrected chi connectivity index (χ3v) is 5.73. The summed E-state index contributed by atoms with van der Waals surface area (Å²) in [4.78, 5) is 0. The van der Waals surface area contributed by atoms with E-state index in [9.17, 15) is 8.42 Å². The topological polar surface area (TPSA) is 63.4 Å². The van der Waals surface area contributed by atoms with E-state index >= 15 is 0 Å². The van der Waals surface area contributed by atoms with Gasteiger partial charge in [-0.05, 0) is 44.6 Å². The molecule has 1 unspecified atom stereocenters. The maximum absolute atomic E-state index is 12.0. The standard InChI is InChI=1S/C10H20N2O2S/c11-6-5-9-2-1-7-12(8-9)15(13,14)10-3-4-10/h9-10H,1-8,11H2. The summed E-state index contributed by atoms with van der Waals surface area (Å²) >= 11 is 0. The van der Waals surface area contributed by atoms with Gasteiger partial charge < -0.3 is 5.73 Å². The maximum Gasteiger partial charge on any atom is 0.216 e. The lowest BCUT2D eigenvalue weighted by Gasteiger charge is -2.31. The van der Waals surface area contributed by atoms with Crippen LogP contribution in [0.5, 0.6) is 0 Å². The molecular weight excluding hydrogens is 212 g/mol. The molecule has 15 heavy (non-hydrogen) atoms. The SMILES string of the molecule is NCCC1CCCN(S(=O)(=O)C2CC2)C1. The molecule has 0 amide bonds. The van der Waals surface area contributed by atoms with Gasteiger partial charge in [-0.25, -0.2) is 12.7 Å². The monoisotopic (exact) mass is 232 g/mol. The minimum atomic E-state index is -2.95. The highest BCUT2D eigenvalue weighted by atomic mass is 32.2. The Morgan fingerprint density at radius 3 is 2.60 bits per heavy atom. The molecule has 1 atom stereocenters. The summed E-state index contributed by atoms with van der Waals surface area (Å²) in [6.07, 6.45) is 4.81. The molecule has 5 heteroatoms. The number of piperidine rings is 1. The van der Waals surface area contributed by atoms with Gasteiger partial charge in [0.2, 0.25) is 10.0 Å². The molecule has 88 valence electrons. The summed E-state index contributed by atoms with van der Waals surface area (Å²) in [5.74, 6) is 0.484. The summed E-state index contributed by atoms with van der Waals surface area (Å²) in [6, 6.07) is 0. The van der Waals surface area contributed by atoms with Crippen molar-refractivity contribution >= 4 is 10.0 Å². The van der Waals surface area contributed by atoms with Crippen LogP contribution < -0.4 is 5.73 Å². The first-order chi connectivity index (χ1) is 7.14. The van der Waals surface area contributed by atoms with E-state index in [1.807, 2.05) is 0 Å². The molecule has 0 aromatic carbocycles. The Labute approximate surface area is 91.9 Å². The second-order valence-electron chi connectivity index (χ2n) is 4.69. The third-order valence-electron chi connectivity index (χ3n) is 3.36. The zero-order valence-electron chi connectivity index (χ0n) is 9.06. The summed E-state index contributed by atoms with van der Waals surface area (Å²) in [7, 11) is -2.95. The van der Waals surface area contributed by atoms with Gasteiger partial charge in [0.25, 0.3) is 0 Å². The Hall–Kier alpha value is -0.130. The molecule has 2 aliphatic rings. The average Bonchev–Trinajstić information content (AvgIpc) is 3.02. The Kier molecular flexibility index (Phi) is 3.33. The lowest BCUT2D eigenvalue weighted by molar-refractivity contribution is 0.258. The molecule has 2 rings (SSSR count). The summed E-state index contributed by atoms with van der Waals surface area (Å²) in [5.41, 5.74) is 5.52. The fourth-order valence-electron chi connectivity index (χ4n) is 2.31. The molecule has 2 N–H and O–H groups in total. The van der Waals surface area contributed by atoms with Gasteiger partial charge in [-0.3, -0.25) is 0 Å². The second kappa shape index (κ2) is 4.39. The summed E-state index contributed by atoms with van der Waals surface area (Å²) in [6.45, 7) is 2.10. The van der Waals surface area contributed by atoms with Crippen molar-refractivity contribution in [2.45, 2.75) is 37.4 Å². The summed E-state index contributed by atoms with van der Waals surface area (Å²) < 4.78 is 25.7. The van der Waals surface area contributed by atoms with Crippen LogP contribution in [-0.4, -0.2) is 37.6 Å². The van der Waals surface area contributed by atoms with Crippen molar-refractivity contribution < 1.29 is 8.42 Å². The van der Waals surface area contributed by atoms with E-state index in [2.05, 4.69) is 0 Å². The van der Waals surface area contributed by atoms with Crippen LogP contribution in [0.2, 0.25) is 0 Å². The lowest BCUT2D eigenvalue weighted by atomic mass is 9.96. The van der Waals surface area contributed by atoms with E-state index in [1.165, 1.54) is 0 Å². The molecule has 0 spiro atoms. The van der Waals surface area contributed by atoms with Gasteiger partial charge in [0.05, 0.1) is 5.25 Å². The van der Waals surface area contributed by atoms with Gasteiger partial charge in [0.15, 0.2) is 0 Å². The van der Waals surface area contributed by atoms with Crippen molar-refractivity contribution in [3.63, 3.8) is 0 Å². The van der Waals surface area contributed by atoms with Crippen LogP contribution in [0.25, 0.3) is 0 Å². The van der Waals surface area contributed by atoms with Crippen molar-refractivity contribution in [1.29, 1.82) is 0 Å². The van der Waals surface area contributed by atoms with Gasteiger partial charge in [-0.2, -0.15) is 0 Å². The Bertz CT molecular complexity index is 309. The molecule has 0 aromatic rings. The average molecular weight is 232 g/mol. The van der Waals surface area contributed by atoms with E-state index in [-0.39, 0.29) is 5.25 Å². The Morgan fingerprint density at radius 2 is 2.00 bits per heavy atom. The van der Waals surface area contributed by atoms with Crippen LogP contribution >= 0.6 is 0 Å². The fourth-order valence-corrected chi connectivity index (χ4v) is 4.26. The van der Waals surface area contributed by atoms with Crippen LogP contribution in [0.15, 0.2) is 0 Å². The van der Waals surface area contributed by atoms with E-state index < -0.39 is 10.0 Å². The largest absolute Gasteiger partial charge is 0.330 e. The number of nitrogens with two attached hydrogens (primary N) is 1. The maximum atomic E-state index is 12.0. The number of nitrogens with zero attached hydrogens (tertiary/aromatic N) is 1. The lowest BCUT2D eigenvalue weighted by Crippen LogP contribution is -2.41. The van der Waals surface area contributed by atoms with E-state index in [0.29, 0.717) is 19.0 Å². The predicted molar refractivity (Wildman–Crippen MR) is 59.9 cm³/mol. The first-order valence-corrected chi connectivity index (χ1v) is 7.34. The molecule has 1 saturated carbocycles. The molecule has 0 bridgehead atoms. The van der Waals surface area contributed by atoms with Crippen LogP contribution in [0.3, 0.4) is 0 Å². The Morgan fingerprint density at radius 1 is 1.27 bits per heavy atom. The highest BCUT2D eigenvalue weighted by molar-refractivity contribution is 7.90. The molecule has 1 aliphatic heterocycles.